The molecule has 1 aliphatic heterocycles. The fraction of sp³-hybridized carbons (Fsp3) is 0.636. The van der Waals surface area contributed by atoms with Gasteiger partial charge in [0.2, 0.25) is 0 Å². The van der Waals surface area contributed by atoms with E-state index in [9.17, 15) is 0 Å². The molecule has 0 aromatic carbocycles. The minimum absolute atomic E-state index is 0.589. The lowest BCUT2D eigenvalue weighted by molar-refractivity contribution is 0.459. The Hall–Kier alpha value is -1.00. The molecule has 0 amide bonds. The molecule has 1 atom stereocenters. The van der Waals surface area contributed by atoms with E-state index in [0.717, 1.165) is 25.3 Å². The first-order valence-electron chi connectivity index (χ1n) is 5.62. The van der Waals surface area contributed by atoms with Crippen molar-refractivity contribution in [3.8, 4) is 0 Å². The lowest BCUT2D eigenvalue weighted by atomic mass is 9.94. The third-order valence-corrected chi connectivity index (χ3v) is 2.86. The van der Waals surface area contributed by atoms with Gasteiger partial charge in [0.25, 0.3) is 0 Å². The largest absolute Gasteiger partial charge is 0.330 e. The Kier molecular flexibility index (Phi) is 3.64. The highest BCUT2D eigenvalue weighted by atomic mass is 14.9. The lowest BCUT2D eigenvalue weighted by Gasteiger charge is -2.22. The molecule has 1 unspecified atom stereocenters. The van der Waals surface area contributed by atoms with E-state index in [0.29, 0.717) is 12.5 Å². The first-order valence-corrected chi connectivity index (χ1v) is 5.62. The van der Waals surface area contributed by atoms with Crippen LogP contribution in [0.25, 0.3) is 0 Å². The van der Waals surface area contributed by atoms with Crippen LogP contribution < -0.4 is 11.1 Å². The number of hydrogen-bond donors (Lipinski definition) is 2. The van der Waals surface area contributed by atoms with Crippen molar-refractivity contribution in [1.82, 2.24) is 15.3 Å². The van der Waals surface area contributed by atoms with Crippen LogP contribution in [0.5, 0.6) is 0 Å². The number of rotatable bonds is 3. The van der Waals surface area contributed by atoms with Crippen molar-refractivity contribution in [3.63, 3.8) is 0 Å². The number of nitrogens with two attached hydrogens (primary N) is 1. The van der Waals surface area contributed by atoms with Crippen LogP contribution in [0, 0.1) is 0 Å². The molecule has 4 heteroatoms. The van der Waals surface area contributed by atoms with Crippen LogP contribution in [-0.2, 0) is 6.42 Å². The minimum atomic E-state index is 0.589. The van der Waals surface area contributed by atoms with Crippen LogP contribution in [0.15, 0.2) is 12.4 Å². The fourth-order valence-corrected chi connectivity index (χ4v) is 1.97. The summed E-state index contributed by atoms with van der Waals surface area (Å²) in [6.45, 7) is 2.81. The van der Waals surface area contributed by atoms with E-state index in [-0.39, 0.29) is 0 Å². The van der Waals surface area contributed by atoms with Crippen molar-refractivity contribution in [2.45, 2.75) is 25.2 Å². The van der Waals surface area contributed by atoms with Crippen LogP contribution in [0.2, 0.25) is 0 Å². The molecule has 0 bridgehead atoms. The highest BCUT2D eigenvalue weighted by Crippen LogP contribution is 2.21. The number of piperidine rings is 1. The van der Waals surface area contributed by atoms with E-state index >= 15 is 0 Å². The summed E-state index contributed by atoms with van der Waals surface area (Å²) in [6, 6.07) is 0. The van der Waals surface area contributed by atoms with E-state index in [2.05, 4.69) is 15.3 Å². The molecular weight excluding hydrogens is 188 g/mol. The van der Waals surface area contributed by atoms with E-state index in [1.165, 1.54) is 18.4 Å². The van der Waals surface area contributed by atoms with Crippen molar-refractivity contribution in [1.29, 1.82) is 0 Å². The van der Waals surface area contributed by atoms with Crippen molar-refractivity contribution < 1.29 is 0 Å². The molecule has 0 aliphatic carbocycles. The van der Waals surface area contributed by atoms with Gasteiger partial charge < -0.3 is 11.1 Å². The van der Waals surface area contributed by atoms with Gasteiger partial charge in [-0.2, -0.15) is 0 Å². The zero-order valence-electron chi connectivity index (χ0n) is 8.95. The van der Waals surface area contributed by atoms with Crippen molar-refractivity contribution in [3.05, 3.63) is 23.8 Å². The van der Waals surface area contributed by atoms with Crippen LogP contribution in [-0.4, -0.2) is 29.6 Å². The maximum absolute atomic E-state index is 5.45. The molecule has 4 nitrogen and oxygen atoms in total. The first kappa shape index (κ1) is 10.5. The number of nitrogens with one attached hydrogen (secondary N) is 1. The molecule has 1 aromatic heterocycles. The Morgan fingerprint density at radius 3 is 2.80 bits per heavy atom. The van der Waals surface area contributed by atoms with Gasteiger partial charge in [-0.3, -0.25) is 0 Å². The van der Waals surface area contributed by atoms with Crippen molar-refractivity contribution in [2.75, 3.05) is 19.6 Å². The highest BCUT2D eigenvalue weighted by Gasteiger charge is 2.15. The summed E-state index contributed by atoms with van der Waals surface area (Å²) in [4.78, 5) is 8.65. The minimum Gasteiger partial charge on any atom is -0.330 e. The van der Waals surface area contributed by atoms with Gasteiger partial charge in [0.1, 0.15) is 5.82 Å². The Bertz CT molecular complexity index is 290. The van der Waals surface area contributed by atoms with E-state index in [1.54, 1.807) is 0 Å². The SMILES string of the molecule is NCCc1ncc(C2CCCNC2)cn1. The Morgan fingerprint density at radius 1 is 1.40 bits per heavy atom. The van der Waals surface area contributed by atoms with Gasteiger partial charge in [-0.15, -0.1) is 0 Å². The predicted octanol–water partition coefficient (Wildman–Crippen LogP) is 0.445. The lowest BCUT2D eigenvalue weighted by Crippen LogP contribution is -2.28. The summed E-state index contributed by atoms with van der Waals surface area (Å²) >= 11 is 0. The summed E-state index contributed by atoms with van der Waals surface area (Å²) in [5.41, 5.74) is 6.70. The van der Waals surface area contributed by atoms with Crippen LogP contribution in [0.3, 0.4) is 0 Å². The van der Waals surface area contributed by atoms with Gasteiger partial charge in [0.15, 0.2) is 0 Å². The van der Waals surface area contributed by atoms with Gasteiger partial charge in [0.05, 0.1) is 0 Å². The third-order valence-electron chi connectivity index (χ3n) is 2.86. The van der Waals surface area contributed by atoms with E-state index in [1.807, 2.05) is 12.4 Å². The number of nitrogens with zero attached hydrogens (tertiary/aromatic N) is 2. The third kappa shape index (κ3) is 2.73. The Morgan fingerprint density at radius 2 is 2.20 bits per heavy atom. The van der Waals surface area contributed by atoms with Gasteiger partial charge in [-0.1, -0.05) is 0 Å². The second kappa shape index (κ2) is 5.19. The van der Waals surface area contributed by atoms with Crippen LogP contribution in [0.1, 0.15) is 30.1 Å². The average molecular weight is 206 g/mol. The van der Waals surface area contributed by atoms with Gasteiger partial charge >= 0.3 is 0 Å². The van der Waals surface area contributed by atoms with Crippen LogP contribution in [0.4, 0.5) is 0 Å². The van der Waals surface area contributed by atoms with Crippen molar-refractivity contribution >= 4 is 0 Å². The molecule has 2 heterocycles. The smallest absolute Gasteiger partial charge is 0.129 e. The average Bonchev–Trinajstić information content (AvgIpc) is 2.32. The molecule has 0 saturated carbocycles. The summed E-state index contributed by atoms with van der Waals surface area (Å²) < 4.78 is 0. The molecule has 1 fully saturated rings. The molecule has 1 aliphatic rings. The quantitative estimate of drug-likeness (QED) is 0.753. The van der Waals surface area contributed by atoms with Crippen LogP contribution >= 0.6 is 0 Å². The molecule has 1 aromatic rings. The molecular formula is C11H18N4. The second-order valence-corrected chi connectivity index (χ2v) is 4.01. The van der Waals surface area contributed by atoms with E-state index in [4.69, 9.17) is 5.73 Å². The van der Waals surface area contributed by atoms with Gasteiger partial charge in [-0.25, -0.2) is 9.97 Å². The predicted molar refractivity (Wildman–Crippen MR) is 59.6 cm³/mol. The monoisotopic (exact) mass is 206 g/mol. The molecule has 3 N–H and O–H groups in total. The molecule has 2 rings (SSSR count). The maximum atomic E-state index is 5.45. The van der Waals surface area contributed by atoms with Gasteiger partial charge in [-0.05, 0) is 37.4 Å². The summed E-state index contributed by atoms with van der Waals surface area (Å²) in [5, 5.41) is 3.40. The van der Waals surface area contributed by atoms with Crippen molar-refractivity contribution in [2.24, 2.45) is 5.73 Å². The number of aromatic nitrogens is 2. The Balaban J connectivity index is 2.02. The summed E-state index contributed by atoms with van der Waals surface area (Å²) in [7, 11) is 0. The van der Waals surface area contributed by atoms with Gasteiger partial charge in [0, 0.05) is 25.4 Å². The zero-order chi connectivity index (χ0) is 10.5. The Labute approximate surface area is 90.3 Å². The molecule has 0 spiro atoms. The molecule has 15 heavy (non-hydrogen) atoms. The topological polar surface area (TPSA) is 63.8 Å². The fourth-order valence-electron chi connectivity index (χ4n) is 1.97. The normalized spacial score (nSPS) is 21.5. The molecule has 1 saturated heterocycles. The van der Waals surface area contributed by atoms with E-state index < -0.39 is 0 Å². The maximum Gasteiger partial charge on any atom is 0.129 e. The zero-order valence-corrected chi connectivity index (χ0v) is 8.95. The second-order valence-electron chi connectivity index (χ2n) is 4.01. The first-order chi connectivity index (χ1) is 7.40. The highest BCUT2D eigenvalue weighted by molar-refractivity contribution is 5.13. The summed E-state index contributed by atoms with van der Waals surface area (Å²) in [5.74, 6) is 1.44. The number of hydrogen-bond acceptors (Lipinski definition) is 4. The summed E-state index contributed by atoms with van der Waals surface area (Å²) in [6.07, 6.45) is 7.16. The molecule has 82 valence electrons. The standard InChI is InChI=1S/C11H18N4/c12-4-3-11-14-7-10(8-15-11)9-2-1-5-13-6-9/h7-9,13H,1-6,12H2. The molecule has 0 radical (unpaired) electrons.